The Morgan fingerprint density at radius 2 is 2.35 bits per heavy atom. The van der Waals surface area contributed by atoms with Crippen LogP contribution in [0.25, 0.3) is 11.0 Å². The fourth-order valence-electron chi connectivity index (χ4n) is 1.62. The number of carboxylic acids is 1. The standard InChI is InChI=1S/C11H11BrN2O3/c1-17-7-2-3-8-9(6-7)14(11(12)13-8)5-4-10(15)16/h2-3,6H,4-5H2,1H3,(H,15,16). The van der Waals surface area contributed by atoms with Crippen LogP contribution in [0.1, 0.15) is 6.42 Å². The lowest BCUT2D eigenvalue weighted by Crippen LogP contribution is -2.04. The second-order valence-electron chi connectivity index (χ2n) is 3.53. The quantitative estimate of drug-likeness (QED) is 0.940. The predicted octanol–water partition coefficient (Wildman–Crippen LogP) is 2.28. The number of hydrogen-bond donors (Lipinski definition) is 1. The van der Waals surface area contributed by atoms with Gasteiger partial charge in [-0.1, -0.05) is 0 Å². The molecule has 6 heteroatoms. The molecule has 2 rings (SSSR count). The number of methoxy groups -OCH3 is 1. The van der Waals surface area contributed by atoms with Crippen molar-refractivity contribution >= 4 is 32.9 Å². The number of carbonyl (C=O) groups is 1. The topological polar surface area (TPSA) is 64.4 Å². The molecule has 0 fully saturated rings. The molecule has 0 spiro atoms. The van der Waals surface area contributed by atoms with E-state index in [4.69, 9.17) is 9.84 Å². The van der Waals surface area contributed by atoms with Crippen LogP contribution in [0.3, 0.4) is 0 Å². The van der Waals surface area contributed by atoms with Gasteiger partial charge in [-0.05, 0) is 28.1 Å². The van der Waals surface area contributed by atoms with Gasteiger partial charge in [-0.3, -0.25) is 4.79 Å². The van der Waals surface area contributed by atoms with Crippen molar-refractivity contribution in [2.24, 2.45) is 0 Å². The number of hydrogen-bond acceptors (Lipinski definition) is 3. The van der Waals surface area contributed by atoms with Gasteiger partial charge in [0, 0.05) is 12.6 Å². The Kier molecular flexibility index (Phi) is 3.33. The summed E-state index contributed by atoms with van der Waals surface area (Å²) < 4.78 is 7.58. The third-order valence-electron chi connectivity index (χ3n) is 2.46. The van der Waals surface area contributed by atoms with E-state index in [2.05, 4.69) is 20.9 Å². The largest absolute Gasteiger partial charge is 0.497 e. The Balaban J connectivity index is 2.44. The molecule has 0 radical (unpaired) electrons. The molecule has 0 aliphatic heterocycles. The van der Waals surface area contributed by atoms with Gasteiger partial charge in [0.05, 0.1) is 24.6 Å². The molecule has 1 aromatic carbocycles. The van der Waals surface area contributed by atoms with E-state index < -0.39 is 5.97 Å². The molecule has 0 atom stereocenters. The number of benzene rings is 1. The minimum atomic E-state index is -0.832. The Bertz CT molecular complexity index is 565. The molecule has 1 aromatic heterocycles. The maximum absolute atomic E-state index is 10.6. The van der Waals surface area contributed by atoms with Crippen LogP contribution in [-0.2, 0) is 11.3 Å². The smallest absolute Gasteiger partial charge is 0.305 e. The number of aryl methyl sites for hydroxylation is 1. The highest BCUT2D eigenvalue weighted by Gasteiger charge is 2.10. The van der Waals surface area contributed by atoms with Gasteiger partial charge < -0.3 is 14.4 Å². The minimum absolute atomic E-state index is 0.0568. The molecule has 1 heterocycles. The monoisotopic (exact) mass is 298 g/mol. The Morgan fingerprint density at radius 1 is 1.59 bits per heavy atom. The van der Waals surface area contributed by atoms with Gasteiger partial charge in [0.25, 0.3) is 0 Å². The molecule has 0 bridgehead atoms. The number of carboxylic acid groups (broad SMARTS) is 1. The van der Waals surface area contributed by atoms with Crippen LogP contribution in [-0.4, -0.2) is 27.7 Å². The first kappa shape index (κ1) is 11.9. The zero-order valence-electron chi connectivity index (χ0n) is 9.18. The average molecular weight is 299 g/mol. The molecule has 5 nitrogen and oxygen atoms in total. The van der Waals surface area contributed by atoms with E-state index in [0.29, 0.717) is 11.3 Å². The molecule has 0 saturated heterocycles. The van der Waals surface area contributed by atoms with Crippen molar-refractivity contribution < 1.29 is 14.6 Å². The molecular weight excluding hydrogens is 288 g/mol. The number of ether oxygens (including phenoxy) is 1. The number of fused-ring (bicyclic) bond motifs is 1. The van der Waals surface area contributed by atoms with Crippen molar-refractivity contribution in [3.05, 3.63) is 22.9 Å². The van der Waals surface area contributed by atoms with Crippen LogP contribution in [0.2, 0.25) is 0 Å². The maximum Gasteiger partial charge on any atom is 0.305 e. The molecule has 17 heavy (non-hydrogen) atoms. The summed E-state index contributed by atoms with van der Waals surface area (Å²) in [6.45, 7) is 0.375. The normalized spacial score (nSPS) is 10.7. The van der Waals surface area contributed by atoms with Gasteiger partial charge in [0.1, 0.15) is 5.75 Å². The molecule has 0 saturated carbocycles. The molecule has 0 aliphatic carbocycles. The fraction of sp³-hybridized carbons (Fsp3) is 0.273. The van der Waals surface area contributed by atoms with Crippen LogP contribution in [0.5, 0.6) is 5.75 Å². The van der Waals surface area contributed by atoms with Gasteiger partial charge >= 0.3 is 5.97 Å². The van der Waals surface area contributed by atoms with Gasteiger partial charge in [-0.15, -0.1) is 0 Å². The van der Waals surface area contributed by atoms with Crippen LogP contribution < -0.4 is 4.74 Å². The lowest BCUT2D eigenvalue weighted by atomic mass is 10.3. The van der Waals surface area contributed by atoms with Gasteiger partial charge in [-0.25, -0.2) is 4.98 Å². The van der Waals surface area contributed by atoms with Crippen molar-refractivity contribution in [1.29, 1.82) is 0 Å². The third kappa shape index (κ3) is 2.41. The van der Waals surface area contributed by atoms with Crippen molar-refractivity contribution in [2.75, 3.05) is 7.11 Å². The summed E-state index contributed by atoms with van der Waals surface area (Å²) in [6.07, 6.45) is 0.0568. The number of aliphatic carboxylic acids is 1. The Morgan fingerprint density at radius 3 is 3.00 bits per heavy atom. The molecule has 2 aromatic rings. The van der Waals surface area contributed by atoms with Gasteiger partial charge in [-0.2, -0.15) is 0 Å². The SMILES string of the molecule is COc1ccc2nc(Br)n(CCC(=O)O)c2c1. The Hall–Kier alpha value is -1.56. The van der Waals surface area contributed by atoms with E-state index in [9.17, 15) is 4.79 Å². The van der Waals surface area contributed by atoms with Gasteiger partial charge in [0.15, 0.2) is 4.73 Å². The zero-order chi connectivity index (χ0) is 12.4. The number of imidazole rings is 1. The van der Waals surface area contributed by atoms with Crippen LogP contribution in [0, 0.1) is 0 Å². The van der Waals surface area contributed by atoms with Gasteiger partial charge in [0.2, 0.25) is 0 Å². The van der Waals surface area contributed by atoms with E-state index >= 15 is 0 Å². The summed E-state index contributed by atoms with van der Waals surface area (Å²) in [7, 11) is 1.59. The third-order valence-corrected chi connectivity index (χ3v) is 3.06. The molecular formula is C11H11BrN2O3. The fourth-order valence-corrected chi connectivity index (χ4v) is 2.18. The van der Waals surface area contributed by atoms with Crippen LogP contribution >= 0.6 is 15.9 Å². The Labute approximate surface area is 106 Å². The van der Waals surface area contributed by atoms with E-state index in [0.717, 1.165) is 16.8 Å². The second kappa shape index (κ2) is 4.75. The summed E-state index contributed by atoms with van der Waals surface area (Å²) in [5, 5.41) is 8.70. The zero-order valence-corrected chi connectivity index (χ0v) is 10.8. The number of rotatable bonds is 4. The number of nitrogens with zero attached hydrogens (tertiary/aromatic N) is 2. The predicted molar refractivity (Wildman–Crippen MR) is 66.2 cm³/mol. The average Bonchev–Trinajstić information content (AvgIpc) is 2.61. The summed E-state index contributed by atoms with van der Waals surface area (Å²) in [5.74, 6) is -0.108. The van der Waals surface area contributed by atoms with E-state index in [1.54, 1.807) is 7.11 Å². The molecule has 0 amide bonds. The maximum atomic E-state index is 10.6. The lowest BCUT2D eigenvalue weighted by molar-refractivity contribution is -0.137. The summed E-state index contributed by atoms with van der Waals surface area (Å²) in [4.78, 5) is 14.9. The molecule has 0 aliphatic rings. The summed E-state index contributed by atoms with van der Waals surface area (Å²) in [5.41, 5.74) is 1.67. The van der Waals surface area contributed by atoms with E-state index in [-0.39, 0.29) is 6.42 Å². The van der Waals surface area contributed by atoms with Crippen molar-refractivity contribution in [1.82, 2.24) is 9.55 Å². The lowest BCUT2D eigenvalue weighted by Gasteiger charge is -2.04. The summed E-state index contributed by atoms with van der Waals surface area (Å²) >= 11 is 3.32. The molecule has 0 unspecified atom stereocenters. The van der Waals surface area contributed by atoms with Crippen molar-refractivity contribution in [3.8, 4) is 5.75 Å². The number of halogens is 1. The highest BCUT2D eigenvalue weighted by Crippen LogP contribution is 2.24. The first-order chi connectivity index (χ1) is 8.11. The van der Waals surface area contributed by atoms with Crippen LogP contribution in [0.4, 0.5) is 0 Å². The first-order valence-electron chi connectivity index (χ1n) is 5.03. The summed E-state index contributed by atoms with van der Waals surface area (Å²) in [6, 6.07) is 5.51. The highest BCUT2D eigenvalue weighted by atomic mass is 79.9. The second-order valence-corrected chi connectivity index (χ2v) is 4.24. The minimum Gasteiger partial charge on any atom is -0.497 e. The molecule has 90 valence electrons. The van der Waals surface area contributed by atoms with E-state index in [1.807, 2.05) is 22.8 Å². The van der Waals surface area contributed by atoms with Crippen molar-refractivity contribution in [2.45, 2.75) is 13.0 Å². The van der Waals surface area contributed by atoms with Crippen molar-refractivity contribution in [3.63, 3.8) is 0 Å². The highest BCUT2D eigenvalue weighted by molar-refractivity contribution is 9.10. The van der Waals surface area contributed by atoms with Crippen LogP contribution in [0.15, 0.2) is 22.9 Å². The first-order valence-corrected chi connectivity index (χ1v) is 5.82. The van der Waals surface area contributed by atoms with E-state index in [1.165, 1.54) is 0 Å². The molecule has 1 N–H and O–H groups in total. The number of aromatic nitrogens is 2.